The number of halogens is 1. The summed E-state index contributed by atoms with van der Waals surface area (Å²) < 4.78 is 4.74. The third-order valence-electron chi connectivity index (χ3n) is 2.81. The van der Waals surface area contributed by atoms with Gasteiger partial charge in [0, 0.05) is 23.3 Å². The molecule has 5 heteroatoms. The Morgan fingerprint density at radius 3 is 3.06 bits per heavy atom. The number of methoxy groups -OCH3 is 1. The molecule has 1 aliphatic heterocycles. The molecule has 1 aromatic carbocycles. The highest BCUT2D eigenvalue weighted by Crippen LogP contribution is 2.23. The predicted molar refractivity (Wildman–Crippen MR) is 67.7 cm³/mol. The maximum Gasteiger partial charge on any atom is 0.340 e. The fraction of sp³-hybridized carbons (Fsp3) is 0.417. The molecule has 0 aromatic heterocycles. The molecule has 1 fully saturated rings. The van der Waals surface area contributed by atoms with E-state index in [-0.39, 0.29) is 5.97 Å². The third-order valence-corrected chi connectivity index (χ3v) is 3.04. The molecule has 0 spiro atoms. The molecule has 0 radical (unpaired) electrons. The largest absolute Gasteiger partial charge is 0.465 e. The Kier molecular flexibility index (Phi) is 3.86. The third kappa shape index (κ3) is 2.90. The van der Waals surface area contributed by atoms with E-state index in [0.29, 0.717) is 16.6 Å². The minimum absolute atomic E-state index is 0.347. The highest BCUT2D eigenvalue weighted by Gasteiger charge is 2.18. The molecule has 2 N–H and O–H groups in total. The van der Waals surface area contributed by atoms with Gasteiger partial charge in [-0.05, 0) is 31.2 Å². The lowest BCUT2D eigenvalue weighted by Gasteiger charge is -2.15. The zero-order valence-electron chi connectivity index (χ0n) is 9.63. The van der Waals surface area contributed by atoms with Crippen LogP contribution in [0.4, 0.5) is 5.69 Å². The normalized spacial score (nSPS) is 19.1. The monoisotopic (exact) mass is 254 g/mol. The Bertz CT molecular complexity index is 417. The van der Waals surface area contributed by atoms with Crippen molar-refractivity contribution >= 4 is 23.3 Å². The number of anilines is 1. The van der Waals surface area contributed by atoms with Gasteiger partial charge in [0.2, 0.25) is 0 Å². The zero-order chi connectivity index (χ0) is 12.3. The minimum atomic E-state index is -0.374. The summed E-state index contributed by atoms with van der Waals surface area (Å²) in [5, 5.41) is 7.12. The first-order chi connectivity index (χ1) is 8.20. The number of rotatable bonds is 3. The van der Waals surface area contributed by atoms with E-state index in [0.717, 1.165) is 25.2 Å². The second-order valence-corrected chi connectivity index (χ2v) is 4.45. The lowest BCUT2D eigenvalue weighted by atomic mass is 10.1. The van der Waals surface area contributed by atoms with E-state index >= 15 is 0 Å². The summed E-state index contributed by atoms with van der Waals surface area (Å²) in [7, 11) is 1.37. The Hall–Kier alpha value is -1.26. The molecule has 1 heterocycles. The molecule has 17 heavy (non-hydrogen) atoms. The van der Waals surface area contributed by atoms with Crippen LogP contribution in [0.2, 0.25) is 5.02 Å². The Balaban J connectivity index is 2.22. The number of benzene rings is 1. The van der Waals surface area contributed by atoms with Crippen molar-refractivity contribution in [1.29, 1.82) is 0 Å². The Morgan fingerprint density at radius 2 is 2.41 bits per heavy atom. The molecule has 1 unspecified atom stereocenters. The SMILES string of the molecule is COC(=O)c1cc(Cl)ccc1NC1CCNC1. The molecule has 0 bridgehead atoms. The highest BCUT2D eigenvalue weighted by molar-refractivity contribution is 6.31. The summed E-state index contributed by atoms with van der Waals surface area (Å²) in [5.41, 5.74) is 1.25. The van der Waals surface area contributed by atoms with E-state index in [2.05, 4.69) is 10.6 Å². The number of hydrogen-bond acceptors (Lipinski definition) is 4. The van der Waals surface area contributed by atoms with E-state index in [1.165, 1.54) is 7.11 Å². The van der Waals surface area contributed by atoms with Crippen molar-refractivity contribution in [2.24, 2.45) is 0 Å². The van der Waals surface area contributed by atoms with Crippen LogP contribution in [-0.4, -0.2) is 32.2 Å². The second kappa shape index (κ2) is 5.38. The standard InChI is InChI=1S/C12H15ClN2O2/c1-17-12(16)10-6-8(13)2-3-11(10)15-9-4-5-14-7-9/h2-3,6,9,14-15H,4-5,7H2,1H3. The molecule has 1 atom stereocenters. The van der Waals surface area contributed by atoms with Gasteiger partial charge in [-0.15, -0.1) is 0 Å². The van der Waals surface area contributed by atoms with Crippen molar-refractivity contribution < 1.29 is 9.53 Å². The quantitative estimate of drug-likeness (QED) is 0.809. The van der Waals surface area contributed by atoms with Crippen LogP contribution in [0.25, 0.3) is 0 Å². The summed E-state index contributed by atoms with van der Waals surface area (Å²) >= 11 is 5.89. The molecule has 1 aliphatic rings. The van der Waals surface area contributed by atoms with Crippen LogP contribution >= 0.6 is 11.6 Å². The number of carbonyl (C=O) groups excluding carboxylic acids is 1. The van der Waals surface area contributed by atoms with Crippen molar-refractivity contribution in [1.82, 2.24) is 5.32 Å². The molecule has 0 amide bonds. The maximum atomic E-state index is 11.6. The first kappa shape index (κ1) is 12.2. The van der Waals surface area contributed by atoms with Crippen LogP contribution in [0.3, 0.4) is 0 Å². The molecule has 1 saturated heterocycles. The lowest BCUT2D eigenvalue weighted by Crippen LogP contribution is -2.23. The smallest absolute Gasteiger partial charge is 0.340 e. The molecule has 1 aromatic rings. The summed E-state index contributed by atoms with van der Waals surface area (Å²) in [6, 6.07) is 5.54. The highest BCUT2D eigenvalue weighted by atomic mass is 35.5. The molecular formula is C12H15ClN2O2. The van der Waals surface area contributed by atoms with Crippen molar-refractivity contribution in [3.05, 3.63) is 28.8 Å². The van der Waals surface area contributed by atoms with Gasteiger partial charge in [-0.2, -0.15) is 0 Å². The van der Waals surface area contributed by atoms with Crippen LogP contribution in [0.15, 0.2) is 18.2 Å². The number of hydrogen-bond donors (Lipinski definition) is 2. The topological polar surface area (TPSA) is 50.4 Å². The van der Waals surface area contributed by atoms with Gasteiger partial charge < -0.3 is 15.4 Å². The average Bonchev–Trinajstić information content (AvgIpc) is 2.83. The van der Waals surface area contributed by atoms with E-state index in [1.807, 2.05) is 6.07 Å². The van der Waals surface area contributed by atoms with Crippen molar-refractivity contribution in [2.45, 2.75) is 12.5 Å². The van der Waals surface area contributed by atoms with Crippen LogP contribution in [0, 0.1) is 0 Å². The Labute approximate surface area is 105 Å². The van der Waals surface area contributed by atoms with E-state index in [9.17, 15) is 4.79 Å². The second-order valence-electron chi connectivity index (χ2n) is 4.02. The molecule has 0 aliphatic carbocycles. The summed E-state index contributed by atoms with van der Waals surface area (Å²) in [4.78, 5) is 11.6. The van der Waals surface area contributed by atoms with Crippen molar-refractivity contribution in [2.75, 3.05) is 25.5 Å². The minimum Gasteiger partial charge on any atom is -0.465 e. The predicted octanol–water partition coefficient (Wildman–Crippen LogP) is 1.90. The number of ether oxygens (including phenoxy) is 1. The van der Waals surface area contributed by atoms with Crippen LogP contribution in [0.5, 0.6) is 0 Å². The van der Waals surface area contributed by atoms with Gasteiger partial charge in [0.25, 0.3) is 0 Å². The molecule has 0 saturated carbocycles. The van der Waals surface area contributed by atoms with Crippen molar-refractivity contribution in [3.8, 4) is 0 Å². The number of carbonyl (C=O) groups is 1. The summed E-state index contributed by atoms with van der Waals surface area (Å²) in [5.74, 6) is -0.374. The van der Waals surface area contributed by atoms with Crippen LogP contribution in [0.1, 0.15) is 16.8 Å². The van der Waals surface area contributed by atoms with Crippen LogP contribution < -0.4 is 10.6 Å². The zero-order valence-corrected chi connectivity index (χ0v) is 10.4. The van der Waals surface area contributed by atoms with Crippen molar-refractivity contribution in [3.63, 3.8) is 0 Å². The molecule has 4 nitrogen and oxygen atoms in total. The molecular weight excluding hydrogens is 240 g/mol. The van der Waals surface area contributed by atoms with Gasteiger partial charge in [-0.25, -0.2) is 4.79 Å². The van der Waals surface area contributed by atoms with E-state index in [1.54, 1.807) is 12.1 Å². The summed E-state index contributed by atoms with van der Waals surface area (Å²) in [6.45, 7) is 1.90. The van der Waals surface area contributed by atoms with Gasteiger partial charge >= 0.3 is 5.97 Å². The van der Waals surface area contributed by atoms with E-state index < -0.39 is 0 Å². The fourth-order valence-corrected chi connectivity index (χ4v) is 2.09. The molecule has 92 valence electrons. The molecule has 2 rings (SSSR count). The Morgan fingerprint density at radius 1 is 1.59 bits per heavy atom. The van der Waals surface area contributed by atoms with E-state index in [4.69, 9.17) is 16.3 Å². The number of nitrogens with one attached hydrogen (secondary N) is 2. The summed E-state index contributed by atoms with van der Waals surface area (Å²) in [6.07, 6.45) is 1.04. The average molecular weight is 255 g/mol. The van der Waals surface area contributed by atoms with Gasteiger partial charge in [0.05, 0.1) is 12.7 Å². The first-order valence-corrected chi connectivity index (χ1v) is 5.93. The maximum absolute atomic E-state index is 11.6. The van der Waals surface area contributed by atoms with Gasteiger partial charge in [-0.1, -0.05) is 11.6 Å². The van der Waals surface area contributed by atoms with Crippen LogP contribution in [-0.2, 0) is 4.74 Å². The lowest BCUT2D eigenvalue weighted by molar-refractivity contribution is 0.0602. The first-order valence-electron chi connectivity index (χ1n) is 5.56. The van der Waals surface area contributed by atoms with Gasteiger partial charge in [0.1, 0.15) is 0 Å². The number of esters is 1. The van der Waals surface area contributed by atoms with Gasteiger partial charge in [-0.3, -0.25) is 0 Å². The van der Waals surface area contributed by atoms with Gasteiger partial charge in [0.15, 0.2) is 0 Å². The fourth-order valence-electron chi connectivity index (χ4n) is 1.92.